The number of hydrogen-bond donors (Lipinski definition) is 0. The summed E-state index contributed by atoms with van der Waals surface area (Å²) >= 11 is 0. The van der Waals surface area contributed by atoms with Crippen molar-refractivity contribution in [2.24, 2.45) is 5.92 Å². The Labute approximate surface area is 107 Å². The van der Waals surface area contributed by atoms with Gasteiger partial charge in [-0.2, -0.15) is 0 Å². The molecular weight excluding hydrogens is 200 g/mol. The van der Waals surface area contributed by atoms with E-state index < -0.39 is 0 Å². The Morgan fingerprint density at radius 3 is 1.25 bits per heavy atom. The molecule has 1 unspecified atom stereocenters. The van der Waals surface area contributed by atoms with Gasteiger partial charge >= 0.3 is 0 Å². The molecule has 0 radical (unpaired) electrons. The molecule has 0 saturated heterocycles. The van der Waals surface area contributed by atoms with Crippen LogP contribution in [0.5, 0.6) is 0 Å². The zero-order chi connectivity index (χ0) is 9.98. The van der Waals surface area contributed by atoms with Crippen LogP contribution in [0.3, 0.4) is 0 Å². The van der Waals surface area contributed by atoms with Crippen LogP contribution < -0.4 is 0 Å². The second-order valence-electron chi connectivity index (χ2n) is 3.30. The van der Waals surface area contributed by atoms with Crippen molar-refractivity contribution in [3.8, 4) is 0 Å². The Morgan fingerprint density at radius 1 is 0.875 bits per heavy atom. The third kappa shape index (κ3) is 48.5. The average molecular weight is 240 g/mol. The molecule has 1 atom stereocenters. The largest absolute Gasteiger partial charge is 0.384 e. The van der Waals surface area contributed by atoms with Crippen LogP contribution in [0, 0.1) is 5.92 Å². The second kappa shape index (κ2) is 29.4. The Kier molecular flexibility index (Phi) is 66.1. The van der Waals surface area contributed by atoms with Gasteiger partial charge in [-0.15, -0.1) is 0 Å². The third-order valence-corrected chi connectivity index (χ3v) is 1.48. The molecule has 0 aromatic heterocycles. The lowest BCUT2D eigenvalue weighted by Gasteiger charge is -2.01. The van der Waals surface area contributed by atoms with Gasteiger partial charge in [0.1, 0.15) is 0 Å². The summed E-state index contributed by atoms with van der Waals surface area (Å²) in [5.41, 5.74) is 0. The molecule has 0 fully saturated rings. The Bertz CT molecular complexity index is 69.1. The summed E-state index contributed by atoms with van der Waals surface area (Å²) < 4.78 is 9.70. The maximum Gasteiger partial charge on any atom is 0.0540 e. The summed E-state index contributed by atoms with van der Waals surface area (Å²) in [6, 6.07) is 0. The quantitative estimate of drug-likeness (QED) is 0.667. The fourth-order valence-corrected chi connectivity index (χ4v) is 0.500. The molecule has 0 aliphatic rings. The minimum absolute atomic E-state index is 0. The smallest absolute Gasteiger partial charge is 0.0540 e. The number of hydrogen-bond acceptors (Lipinski definition) is 2. The van der Waals surface area contributed by atoms with Gasteiger partial charge in [0.05, 0.1) is 6.10 Å². The van der Waals surface area contributed by atoms with E-state index in [1.807, 2.05) is 0 Å². The highest BCUT2D eigenvalue weighted by Crippen LogP contribution is 1.90. The molecular formula is C14H40O2. The molecule has 0 aliphatic carbocycles. The molecule has 0 aliphatic heterocycles. The summed E-state index contributed by atoms with van der Waals surface area (Å²) in [5.74, 6) is 0.676. The van der Waals surface area contributed by atoms with E-state index in [4.69, 9.17) is 9.47 Å². The first-order valence-electron chi connectivity index (χ1n) is 4.60. The van der Waals surface area contributed by atoms with Crippen LogP contribution in [-0.4, -0.2) is 26.9 Å². The lowest BCUT2D eigenvalue weighted by atomic mass is 10.2. The van der Waals surface area contributed by atoms with Crippen LogP contribution >= 0.6 is 0 Å². The summed E-state index contributed by atoms with van der Waals surface area (Å²) in [4.78, 5) is 0. The summed E-state index contributed by atoms with van der Waals surface area (Å²) in [5, 5.41) is 0. The van der Waals surface area contributed by atoms with Crippen LogP contribution in [0.15, 0.2) is 0 Å². The van der Waals surface area contributed by atoms with Gasteiger partial charge in [-0.25, -0.2) is 0 Å². The highest BCUT2D eigenvalue weighted by molar-refractivity contribution is 4.38. The standard InChI is InChI=1S/2C5H12O.4CH4/c1-5(2)4-6-3;1-4-5(2)6-3;;;;/h2*5H,4H2,1-3H3;4*1H4. The minimum atomic E-state index is 0. The molecule has 108 valence electrons. The summed E-state index contributed by atoms with van der Waals surface area (Å²) in [6.45, 7) is 9.29. The molecule has 0 bridgehead atoms. The lowest BCUT2D eigenvalue weighted by molar-refractivity contribution is 0.115. The van der Waals surface area contributed by atoms with Crippen molar-refractivity contribution in [2.75, 3.05) is 20.8 Å². The predicted molar refractivity (Wildman–Crippen MR) is 80.4 cm³/mol. The van der Waals surface area contributed by atoms with E-state index in [2.05, 4.69) is 27.7 Å². The van der Waals surface area contributed by atoms with Gasteiger partial charge in [0.2, 0.25) is 0 Å². The molecule has 0 amide bonds. The van der Waals surface area contributed by atoms with E-state index in [9.17, 15) is 0 Å². The number of ether oxygens (including phenoxy) is 2. The molecule has 2 heteroatoms. The van der Waals surface area contributed by atoms with E-state index in [-0.39, 0.29) is 29.7 Å². The number of methoxy groups -OCH3 is 2. The Morgan fingerprint density at radius 2 is 1.25 bits per heavy atom. The van der Waals surface area contributed by atoms with E-state index in [0.717, 1.165) is 13.0 Å². The monoisotopic (exact) mass is 240 g/mol. The second-order valence-corrected chi connectivity index (χ2v) is 3.30. The molecule has 0 N–H and O–H groups in total. The fourth-order valence-electron chi connectivity index (χ4n) is 0.500. The molecule has 0 aromatic rings. The van der Waals surface area contributed by atoms with Crippen LogP contribution in [0.2, 0.25) is 0 Å². The molecule has 2 nitrogen and oxygen atoms in total. The Balaban J connectivity index is -0.0000000250. The molecule has 0 aromatic carbocycles. The van der Waals surface area contributed by atoms with Gasteiger partial charge in [-0.1, -0.05) is 50.5 Å². The molecule has 0 rings (SSSR count). The van der Waals surface area contributed by atoms with E-state index in [1.165, 1.54) is 0 Å². The van der Waals surface area contributed by atoms with Gasteiger partial charge in [-0.3, -0.25) is 0 Å². The van der Waals surface area contributed by atoms with Crippen LogP contribution in [0.1, 0.15) is 63.8 Å². The highest BCUT2D eigenvalue weighted by Gasteiger charge is 1.88. The fraction of sp³-hybridized carbons (Fsp3) is 1.00. The summed E-state index contributed by atoms with van der Waals surface area (Å²) in [6.07, 6.45) is 1.54. The third-order valence-electron chi connectivity index (χ3n) is 1.48. The van der Waals surface area contributed by atoms with E-state index >= 15 is 0 Å². The van der Waals surface area contributed by atoms with Crippen molar-refractivity contribution in [1.82, 2.24) is 0 Å². The zero-order valence-electron chi connectivity index (χ0n) is 9.39. The van der Waals surface area contributed by atoms with Gasteiger partial charge in [0.15, 0.2) is 0 Å². The minimum Gasteiger partial charge on any atom is -0.384 e. The van der Waals surface area contributed by atoms with Gasteiger partial charge in [-0.05, 0) is 19.3 Å². The maximum atomic E-state index is 4.90. The molecule has 0 spiro atoms. The van der Waals surface area contributed by atoms with Crippen molar-refractivity contribution in [3.63, 3.8) is 0 Å². The van der Waals surface area contributed by atoms with Crippen molar-refractivity contribution in [3.05, 3.63) is 0 Å². The zero-order valence-corrected chi connectivity index (χ0v) is 9.39. The normalized spacial score (nSPS) is 9.19. The molecule has 16 heavy (non-hydrogen) atoms. The topological polar surface area (TPSA) is 18.5 Å². The first-order valence-corrected chi connectivity index (χ1v) is 4.60. The SMILES string of the molecule is C.C.C.C.CCC(C)OC.COCC(C)C. The average Bonchev–Trinajstić information content (AvgIpc) is 2.04. The van der Waals surface area contributed by atoms with Gasteiger partial charge in [0.25, 0.3) is 0 Å². The van der Waals surface area contributed by atoms with Crippen molar-refractivity contribution >= 4 is 0 Å². The van der Waals surface area contributed by atoms with E-state index in [0.29, 0.717) is 12.0 Å². The summed E-state index contributed by atoms with van der Waals surface area (Å²) in [7, 11) is 3.45. The highest BCUT2D eigenvalue weighted by atomic mass is 16.5. The van der Waals surface area contributed by atoms with Crippen molar-refractivity contribution in [1.29, 1.82) is 0 Å². The first kappa shape index (κ1) is 36.0. The number of rotatable bonds is 4. The van der Waals surface area contributed by atoms with Crippen LogP contribution in [-0.2, 0) is 9.47 Å². The predicted octanol–water partition coefficient (Wildman–Crippen LogP) is 5.26. The van der Waals surface area contributed by atoms with Crippen molar-refractivity contribution in [2.45, 2.75) is 69.9 Å². The van der Waals surface area contributed by atoms with Gasteiger partial charge in [0, 0.05) is 20.8 Å². The molecule has 0 saturated carbocycles. The Hall–Kier alpha value is -0.0800. The van der Waals surface area contributed by atoms with Crippen LogP contribution in [0.4, 0.5) is 0 Å². The lowest BCUT2D eigenvalue weighted by Crippen LogP contribution is -2.00. The first-order chi connectivity index (χ1) is 5.58. The van der Waals surface area contributed by atoms with Gasteiger partial charge < -0.3 is 9.47 Å². The molecule has 0 heterocycles. The van der Waals surface area contributed by atoms with E-state index in [1.54, 1.807) is 14.2 Å². The van der Waals surface area contributed by atoms with Crippen molar-refractivity contribution < 1.29 is 9.47 Å². The maximum absolute atomic E-state index is 4.90. The van der Waals surface area contributed by atoms with Crippen LogP contribution in [0.25, 0.3) is 0 Å².